The van der Waals surface area contributed by atoms with E-state index in [9.17, 15) is 9.59 Å². The lowest BCUT2D eigenvalue weighted by molar-refractivity contribution is 0.0663. The van der Waals surface area contributed by atoms with Crippen LogP contribution in [0, 0.1) is 0 Å². The molecule has 3 nitrogen and oxygen atoms in total. The van der Waals surface area contributed by atoms with E-state index in [-0.39, 0.29) is 11.8 Å². The lowest BCUT2D eigenvalue weighted by atomic mass is 10.1. The van der Waals surface area contributed by atoms with E-state index in [1.807, 2.05) is 0 Å². The Hall–Kier alpha value is -1.13. The topological polar surface area (TPSA) is 37.4 Å². The van der Waals surface area contributed by atoms with Crippen LogP contribution in [0.4, 0.5) is 0 Å². The summed E-state index contributed by atoms with van der Waals surface area (Å²) >= 11 is 6.16. The molecule has 17 heavy (non-hydrogen) atoms. The molecule has 5 heteroatoms. The Morgan fingerprint density at radius 1 is 1.24 bits per heavy atom. The third kappa shape index (κ3) is 1.72. The summed E-state index contributed by atoms with van der Waals surface area (Å²) in [5, 5.41) is 1.53. The van der Waals surface area contributed by atoms with Crippen molar-refractivity contribution in [2.24, 2.45) is 0 Å². The molecule has 1 aromatic rings. The standard InChI is InChI=1S/C12H14ClNO2Si/c1-4-14-11(15)7-5-6-8(13)10(17(2)3)9(7)12(14)16/h5-6,17H,4H2,1-3H3. The van der Waals surface area contributed by atoms with E-state index in [1.54, 1.807) is 19.1 Å². The number of imide groups is 1. The molecule has 0 aliphatic carbocycles. The van der Waals surface area contributed by atoms with Gasteiger partial charge in [0, 0.05) is 11.6 Å². The first-order valence-corrected chi connectivity index (χ1v) is 8.94. The maximum Gasteiger partial charge on any atom is 0.261 e. The van der Waals surface area contributed by atoms with Crippen molar-refractivity contribution < 1.29 is 9.59 Å². The number of benzene rings is 1. The molecule has 0 saturated heterocycles. The van der Waals surface area contributed by atoms with Gasteiger partial charge in [-0.15, -0.1) is 0 Å². The molecule has 0 fully saturated rings. The van der Waals surface area contributed by atoms with Crippen LogP contribution in [0.5, 0.6) is 0 Å². The molecule has 2 amide bonds. The van der Waals surface area contributed by atoms with Gasteiger partial charge in [0.2, 0.25) is 0 Å². The molecule has 1 aliphatic rings. The van der Waals surface area contributed by atoms with E-state index >= 15 is 0 Å². The first kappa shape index (κ1) is 12.3. The number of carbonyl (C=O) groups excluding carboxylic acids is 2. The van der Waals surface area contributed by atoms with Crippen LogP contribution in [-0.4, -0.2) is 32.1 Å². The van der Waals surface area contributed by atoms with Crippen molar-refractivity contribution in [3.8, 4) is 0 Å². The monoisotopic (exact) mass is 267 g/mol. The predicted molar refractivity (Wildman–Crippen MR) is 71.0 cm³/mol. The zero-order valence-corrected chi connectivity index (χ0v) is 12.0. The number of halogens is 1. The lowest BCUT2D eigenvalue weighted by Gasteiger charge is -2.12. The first-order chi connectivity index (χ1) is 7.99. The van der Waals surface area contributed by atoms with Crippen LogP contribution in [0.2, 0.25) is 18.1 Å². The Kier molecular flexibility index (Phi) is 3.10. The number of amides is 2. The van der Waals surface area contributed by atoms with Crippen LogP contribution >= 0.6 is 11.6 Å². The van der Waals surface area contributed by atoms with Gasteiger partial charge in [-0.2, -0.15) is 0 Å². The van der Waals surface area contributed by atoms with E-state index in [0.29, 0.717) is 22.7 Å². The maximum absolute atomic E-state index is 12.2. The highest BCUT2D eigenvalue weighted by Gasteiger charge is 2.37. The summed E-state index contributed by atoms with van der Waals surface area (Å²) in [6, 6.07) is 3.39. The van der Waals surface area contributed by atoms with E-state index in [0.717, 1.165) is 5.19 Å². The Labute approximate surface area is 107 Å². The normalized spacial score (nSPS) is 14.8. The number of fused-ring (bicyclic) bond motifs is 1. The summed E-state index contributed by atoms with van der Waals surface area (Å²) in [5.74, 6) is -0.383. The second kappa shape index (κ2) is 4.27. The molecule has 0 bridgehead atoms. The SMILES string of the molecule is CCN1C(=O)c2ccc(Cl)c([SiH](C)C)c2C1=O. The van der Waals surface area contributed by atoms with Crippen LogP contribution < -0.4 is 5.19 Å². The van der Waals surface area contributed by atoms with Gasteiger partial charge in [-0.25, -0.2) is 0 Å². The molecule has 0 aromatic heterocycles. The van der Waals surface area contributed by atoms with Crippen LogP contribution in [0.1, 0.15) is 27.6 Å². The zero-order chi connectivity index (χ0) is 12.7. The van der Waals surface area contributed by atoms with E-state index < -0.39 is 8.80 Å². The van der Waals surface area contributed by atoms with E-state index in [2.05, 4.69) is 13.1 Å². The van der Waals surface area contributed by atoms with Crippen LogP contribution in [0.15, 0.2) is 12.1 Å². The lowest BCUT2D eigenvalue weighted by Crippen LogP contribution is -2.33. The summed E-state index contributed by atoms with van der Waals surface area (Å²) in [7, 11) is -1.25. The number of carbonyl (C=O) groups is 2. The van der Waals surface area contributed by atoms with Crippen molar-refractivity contribution in [1.29, 1.82) is 0 Å². The highest BCUT2D eigenvalue weighted by Crippen LogP contribution is 2.24. The Bertz CT molecular complexity index is 513. The summed E-state index contributed by atoms with van der Waals surface area (Å²) in [6.45, 7) is 6.42. The zero-order valence-electron chi connectivity index (χ0n) is 10.1. The molecular formula is C12H14ClNO2Si. The van der Waals surface area contributed by atoms with Gasteiger partial charge in [-0.3, -0.25) is 14.5 Å². The van der Waals surface area contributed by atoms with Crippen molar-refractivity contribution in [3.05, 3.63) is 28.3 Å². The van der Waals surface area contributed by atoms with Gasteiger partial charge in [-0.1, -0.05) is 24.7 Å². The van der Waals surface area contributed by atoms with Crippen molar-refractivity contribution in [3.63, 3.8) is 0 Å². The second-order valence-corrected chi connectivity index (χ2v) is 7.69. The minimum absolute atomic E-state index is 0.189. The number of rotatable bonds is 2. The molecule has 0 radical (unpaired) electrons. The predicted octanol–water partition coefficient (Wildman–Crippen LogP) is 1.65. The maximum atomic E-state index is 12.2. The summed E-state index contributed by atoms with van der Waals surface area (Å²) in [5.41, 5.74) is 1.06. The van der Waals surface area contributed by atoms with Gasteiger partial charge >= 0.3 is 0 Å². The molecule has 0 atom stereocenters. The molecule has 1 aromatic carbocycles. The third-order valence-corrected chi connectivity index (χ3v) is 5.29. The van der Waals surface area contributed by atoms with Gasteiger partial charge in [0.1, 0.15) is 0 Å². The largest absolute Gasteiger partial charge is 0.275 e. The van der Waals surface area contributed by atoms with Crippen LogP contribution in [-0.2, 0) is 0 Å². The van der Waals surface area contributed by atoms with Crippen LogP contribution in [0.3, 0.4) is 0 Å². The van der Waals surface area contributed by atoms with Gasteiger partial charge < -0.3 is 0 Å². The fourth-order valence-corrected chi connectivity index (χ4v) is 4.54. The Morgan fingerprint density at radius 3 is 2.41 bits per heavy atom. The van der Waals surface area contributed by atoms with Gasteiger partial charge in [0.25, 0.3) is 11.8 Å². The van der Waals surface area contributed by atoms with Gasteiger partial charge in [0.05, 0.1) is 19.9 Å². The van der Waals surface area contributed by atoms with Crippen molar-refractivity contribution >= 4 is 37.4 Å². The average Bonchev–Trinajstić information content (AvgIpc) is 2.50. The highest BCUT2D eigenvalue weighted by molar-refractivity contribution is 6.75. The molecule has 0 unspecified atom stereocenters. The second-order valence-electron chi connectivity index (χ2n) is 4.39. The van der Waals surface area contributed by atoms with Crippen molar-refractivity contribution in [2.75, 3.05) is 6.54 Å². The summed E-state index contributed by atoms with van der Waals surface area (Å²) in [4.78, 5) is 25.5. The minimum Gasteiger partial charge on any atom is -0.275 e. The fourth-order valence-electron chi connectivity index (χ4n) is 2.23. The Balaban J connectivity index is 2.70. The molecule has 1 heterocycles. The number of nitrogens with zero attached hydrogens (tertiary/aromatic N) is 1. The molecule has 0 N–H and O–H groups in total. The van der Waals surface area contributed by atoms with E-state index in [4.69, 9.17) is 11.6 Å². The minimum atomic E-state index is -1.25. The Morgan fingerprint density at radius 2 is 1.88 bits per heavy atom. The highest BCUT2D eigenvalue weighted by atomic mass is 35.5. The summed E-state index contributed by atoms with van der Waals surface area (Å²) in [6.07, 6.45) is 0. The third-order valence-electron chi connectivity index (χ3n) is 3.02. The van der Waals surface area contributed by atoms with Gasteiger partial charge in [-0.05, 0) is 24.2 Å². The molecular weight excluding hydrogens is 254 g/mol. The van der Waals surface area contributed by atoms with Crippen molar-refractivity contribution in [2.45, 2.75) is 20.0 Å². The molecule has 0 saturated carbocycles. The molecule has 90 valence electrons. The number of hydrogen-bond acceptors (Lipinski definition) is 2. The quantitative estimate of drug-likeness (QED) is 0.604. The van der Waals surface area contributed by atoms with Crippen LogP contribution in [0.25, 0.3) is 0 Å². The molecule has 0 spiro atoms. The molecule has 1 aliphatic heterocycles. The fraction of sp³-hybridized carbons (Fsp3) is 0.333. The number of hydrogen-bond donors (Lipinski definition) is 0. The first-order valence-electron chi connectivity index (χ1n) is 5.67. The smallest absolute Gasteiger partial charge is 0.261 e. The van der Waals surface area contributed by atoms with E-state index in [1.165, 1.54) is 4.90 Å². The molecule has 2 rings (SSSR count). The van der Waals surface area contributed by atoms with Crippen molar-refractivity contribution in [1.82, 2.24) is 4.90 Å². The summed E-state index contributed by atoms with van der Waals surface area (Å²) < 4.78 is 0. The van der Waals surface area contributed by atoms with Gasteiger partial charge in [0.15, 0.2) is 0 Å². The average molecular weight is 268 g/mol.